The van der Waals surface area contributed by atoms with Crippen LogP contribution < -0.4 is 16.2 Å². The van der Waals surface area contributed by atoms with Crippen molar-refractivity contribution in [3.8, 4) is 0 Å². The van der Waals surface area contributed by atoms with Gasteiger partial charge in [-0.05, 0) is 40.5 Å². The second kappa shape index (κ2) is 9.11. The van der Waals surface area contributed by atoms with Gasteiger partial charge in [0.25, 0.3) is 5.91 Å². The molecule has 0 fully saturated rings. The summed E-state index contributed by atoms with van der Waals surface area (Å²) in [6.45, 7) is 1.86. The Morgan fingerprint density at radius 3 is 2.41 bits per heavy atom. The van der Waals surface area contributed by atoms with E-state index in [1.165, 1.54) is 6.33 Å². The molecule has 1 unspecified atom stereocenters. The van der Waals surface area contributed by atoms with Gasteiger partial charge in [-0.3, -0.25) is 25.8 Å². The number of anilines is 2. The summed E-state index contributed by atoms with van der Waals surface area (Å²) in [5.41, 5.74) is 5.88. The molecule has 0 aliphatic heterocycles. The van der Waals surface area contributed by atoms with E-state index in [0.717, 1.165) is 5.56 Å². The molecule has 3 rings (SSSR count). The molecule has 0 radical (unpaired) electrons. The zero-order valence-electron chi connectivity index (χ0n) is 15.3. The van der Waals surface area contributed by atoms with Crippen LogP contribution in [0, 0.1) is 10.1 Å². The average molecular weight is 457 g/mol. The Morgan fingerprint density at radius 2 is 1.72 bits per heavy atom. The maximum Gasteiger partial charge on any atom is 0.354 e. The highest BCUT2D eigenvalue weighted by atomic mass is 79.9. The van der Waals surface area contributed by atoms with Crippen LogP contribution in [-0.4, -0.2) is 20.8 Å². The van der Waals surface area contributed by atoms with E-state index in [2.05, 4.69) is 42.1 Å². The van der Waals surface area contributed by atoms with Crippen molar-refractivity contribution in [1.29, 1.82) is 0 Å². The predicted octanol–water partition coefficient (Wildman–Crippen LogP) is 4.08. The van der Waals surface area contributed by atoms with Crippen LogP contribution in [-0.2, 0) is 0 Å². The maximum atomic E-state index is 12.3. The van der Waals surface area contributed by atoms with Crippen LogP contribution in [0.3, 0.4) is 0 Å². The zero-order valence-corrected chi connectivity index (χ0v) is 16.9. The minimum absolute atomic E-state index is 0.0407. The molecule has 2 aromatic carbocycles. The Morgan fingerprint density at radius 1 is 1.07 bits per heavy atom. The quantitative estimate of drug-likeness (QED) is 0.361. The first-order valence-electron chi connectivity index (χ1n) is 8.59. The molecule has 0 aliphatic carbocycles. The van der Waals surface area contributed by atoms with Crippen molar-refractivity contribution in [2.45, 2.75) is 13.0 Å². The first-order chi connectivity index (χ1) is 14.0. The van der Waals surface area contributed by atoms with E-state index < -0.39 is 10.8 Å². The molecule has 0 saturated carbocycles. The van der Waals surface area contributed by atoms with Crippen LogP contribution in [0.1, 0.15) is 28.9 Å². The van der Waals surface area contributed by atoms with E-state index in [1.54, 1.807) is 24.3 Å². The molecule has 0 spiro atoms. The Balaban J connectivity index is 1.81. The summed E-state index contributed by atoms with van der Waals surface area (Å²) in [6.07, 6.45) is 1.18. The number of aromatic nitrogens is 2. The van der Waals surface area contributed by atoms with Gasteiger partial charge in [0, 0.05) is 4.47 Å². The number of hydrogen-bond acceptors (Lipinski definition) is 7. The summed E-state index contributed by atoms with van der Waals surface area (Å²) in [5, 5.41) is 14.7. The zero-order chi connectivity index (χ0) is 20.8. The maximum absolute atomic E-state index is 12.3. The summed E-state index contributed by atoms with van der Waals surface area (Å²) in [7, 11) is 0. The minimum atomic E-state index is -0.604. The lowest BCUT2D eigenvalue weighted by atomic mass is 10.1. The smallest absolute Gasteiger partial charge is 0.354 e. The number of hydrazine groups is 1. The van der Waals surface area contributed by atoms with Crippen LogP contribution in [0.25, 0.3) is 0 Å². The van der Waals surface area contributed by atoms with Gasteiger partial charge in [0.2, 0.25) is 11.6 Å². The van der Waals surface area contributed by atoms with E-state index in [9.17, 15) is 14.9 Å². The fraction of sp³-hybridized carbons (Fsp3) is 0.105. The number of benzene rings is 2. The fourth-order valence-electron chi connectivity index (χ4n) is 2.61. The van der Waals surface area contributed by atoms with E-state index in [4.69, 9.17) is 0 Å². The number of nitrogens with zero attached hydrogens (tertiary/aromatic N) is 3. The van der Waals surface area contributed by atoms with Gasteiger partial charge in [-0.25, -0.2) is 9.97 Å². The second-order valence-electron chi connectivity index (χ2n) is 6.01. The topological polar surface area (TPSA) is 122 Å². The van der Waals surface area contributed by atoms with Crippen molar-refractivity contribution in [3.63, 3.8) is 0 Å². The lowest BCUT2D eigenvalue weighted by molar-refractivity contribution is -0.383. The molecule has 0 saturated heterocycles. The molecular formula is C19H17BrN6O3. The van der Waals surface area contributed by atoms with Crippen molar-refractivity contribution in [3.05, 3.63) is 86.6 Å². The van der Waals surface area contributed by atoms with Gasteiger partial charge in [-0.1, -0.05) is 42.5 Å². The first kappa shape index (κ1) is 20.2. The monoisotopic (exact) mass is 456 g/mol. The number of carbonyl (C=O) groups is 1. The Hall–Kier alpha value is -3.53. The molecule has 1 aromatic heterocycles. The summed E-state index contributed by atoms with van der Waals surface area (Å²) < 4.78 is 0.593. The molecule has 3 aromatic rings. The molecule has 10 heteroatoms. The predicted molar refractivity (Wildman–Crippen MR) is 112 cm³/mol. The molecule has 1 atom stereocenters. The van der Waals surface area contributed by atoms with E-state index in [1.807, 2.05) is 37.3 Å². The summed E-state index contributed by atoms with van der Waals surface area (Å²) >= 11 is 3.29. The van der Waals surface area contributed by atoms with Crippen LogP contribution in [0.15, 0.2) is 65.4 Å². The summed E-state index contributed by atoms with van der Waals surface area (Å²) in [6, 6.07) is 16.0. The molecule has 1 heterocycles. The Bertz CT molecular complexity index is 1030. The molecule has 3 N–H and O–H groups in total. The van der Waals surface area contributed by atoms with Crippen LogP contribution in [0.4, 0.5) is 17.3 Å². The molecule has 148 valence electrons. The van der Waals surface area contributed by atoms with E-state index >= 15 is 0 Å². The highest BCUT2D eigenvalue weighted by molar-refractivity contribution is 9.10. The number of halogens is 1. The molecule has 0 aliphatic rings. The number of rotatable bonds is 7. The molecule has 29 heavy (non-hydrogen) atoms. The number of nitro groups is 1. The largest absolute Gasteiger partial charge is 0.358 e. The number of amides is 1. The second-order valence-corrected chi connectivity index (χ2v) is 6.87. The third kappa shape index (κ3) is 4.85. The lowest BCUT2D eigenvalue weighted by Crippen LogP contribution is -2.30. The highest BCUT2D eigenvalue weighted by Crippen LogP contribution is 2.31. The average Bonchev–Trinajstić information content (AvgIpc) is 2.72. The normalized spacial score (nSPS) is 11.4. The lowest BCUT2D eigenvalue weighted by Gasteiger charge is -2.16. The van der Waals surface area contributed by atoms with Gasteiger partial charge < -0.3 is 5.32 Å². The van der Waals surface area contributed by atoms with Crippen molar-refractivity contribution < 1.29 is 9.72 Å². The van der Waals surface area contributed by atoms with E-state index in [-0.39, 0.29) is 23.4 Å². The SMILES string of the molecule is CC(Nc1ncnc(NNC(=O)c2ccccc2Br)c1[N+](=O)[O-])c1ccccc1. The Kier molecular flexibility index (Phi) is 6.35. The van der Waals surface area contributed by atoms with Crippen molar-refractivity contribution in [2.75, 3.05) is 10.7 Å². The van der Waals surface area contributed by atoms with Crippen LogP contribution in [0.2, 0.25) is 0 Å². The first-order valence-corrected chi connectivity index (χ1v) is 9.38. The number of nitrogens with one attached hydrogen (secondary N) is 3. The minimum Gasteiger partial charge on any atom is -0.358 e. The van der Waals surface area contributed by atoms with Gasteiger partial charge in [-0.15, -0.1) is 0 Å². The van der Waals surface area contributed by atoms with Gasteiger partial charge in [0.05, 0.1) is 16.5 Å². The molecular weight excluding hydrogens is 440 g/mol. The van der Waals surface area contributed by atoms with Gasteiger partial charge in [-0.2, -0.15) is 0 Å². The van der Waals surface area contributed by atoms with Crippen LogP contribution >= 0.6 is 15.9 Å². The standard InChI is InChI=1S/C19H17BrN6O3/c1-12(13-7-3-2-4-8-13)23-17-16(26(28)29)18(22-11-21-17)24-25-19(27)14-9-5-6-10-15(14)20/h2-12H,1H3,(H,25,27)(H2,21,22,23,24). The fourth-order valence-corrected chi connectivity index (χ4v) is 3.07. The third-order valence-electron chi connectivity index (χ3n) is 4.07. The van der Waals surface area contributed by atoms with Crippen molar-refractivity contribution >= 4 is 39.2 Å². The van der Waals surface area contributed by atoms with Crippen molar-refractivity contribution in [2.24, 2.45) is 0 Å². The number of carbonyl (C=O) groups excluding carboxylic acids is 1. The van der Waals surface area contributed by atoms with E-state index in [0.29, 0.717) is 10.0 Å². The summed E-state index contributed by atoms with van der Waals surface area (Å²) in [4.78, 5) is 31.3. The highest BCUT2D eigenvalue weighted by Gasteiger charge is 2.25. The van der Waals surface area contributed by atoms with Gasteiger partial charge in [0.15, 0.2) is 0 Å². The third-order valence-corrected chi connectivity index (χ3v) is 4.76. The van der Waals surface area contributed by atoms with Crippen molar-refractivity contribution in [1.82, 2.24) is 15.4 Å². The Labute approximate surface area is 174 Å². The van der Waals surface area contributed by atoms with Crippen LogP contribution in [0.5, 0.6) is 0 Å². The molecule has 0 bridgehead atoms. The summed E-state index contributed by atoms with van der Waals surface area (Å²) in [5.74, 6) is -0.565. The molecule has 1 amide bonds. The van der Waals surface area contributed by atoms with Gasteiger partial charge in [0.1, 0.15) is 6.33 Å². The number of hydrogen-bond donors (Lipinski definition) is 3. The van der Waals surface area contributed by atoms with Gasteiger partial charge >= 0.3 is 5.69 Å². The molecule has 9 nitrogen and oxygen atoms in total.